The van der Waals surface area contributed by atoms with Crippen LogP contribution in [0.25, 0.3) is 0 Å². The van der Waals surface area contributed by atoms with Gasteiger partial charge in [0.2, 0.25) is 0 Å². The highest BCUT2D eigenvalue weighted by Gasteiger charge is 2.08. The highest BCUT2D eigenvalue weighted by molar-refractivity contribution is 5.48. The first-order valence-electron chi connectivity index (χ1n) is 5.65. The van der Waals surface area contributed by atoms with Crippen LogP contribution in [0.3, 0.4) is 0 Å². The van der Waals surface area contributed by atoms with Crippen LogP contribution >= 0.6 is 0 Å². The van der Waals surface area contributed by atoms with Crippen molar-refractivity contribution in [3.05, 3.63) is 58.9 Å². The van der Waals surface area contributed by atoms with E-state index in [1.807, 2.05) is 6.07 Å². The van der Waals surface area contributed by atoms with Crippen LogP contribution < -0.4 is 5.32 Å². The highest BCUT2D eigenvalue weighted by atomic mass is 19.1. The van der Waals surface area contributed by atoms with Gasteiger partial charge in [-0.15, -0.1) is 0 Å². The molecule has 3 nitrogen and oxygen atoms in total. The van der Waals surface area contributed by atoms with E-state index < -0.39 is 11.6 Å². The molecular weight excluding hydrogens is 248 g/mol. The molecule has 0 atom stereocenters. The van der Waals surface area contributed by atoms with E-state index in [9.17, 15) is 8.78 Å². The highest BCUT2D eigenvalue weighted by Crippen LogP contribution is 2.19. The predicted octanol–water partition coefficient (Wildman–Crippen LogP) is 3.15. The maximum atomic E-state index is 13.6. The van der Waals surface area contributed by atoms with Crippen molar-refractivity contribution in [2.45, 2.75) is 13.5 Å². The fraction of sp³-hybridized carbons (Fsp3) is 0.143. The molecule has 2 aromatic rings. The van der Waals surface area contributed by atoms with Gasteiger partial charge in [-0.2, -0.15) is 5.26 Å². The zero-order chi connectivity index (χ0) is 13.8. The van der Waals surface area contributed by atoms with Gasteiger partial charge >= 0.3 is 0 Å². The van der Waals surface area contributed by atoms with Crippen LogP contribution in [0, 0.1) is 29.9 Å². The quantitative estimate of drug-likeness (QED) is 0.921. The molecule has 0 saturated heterocycles. The number of halogens is 2. The van der Waals surface area contributed by atoms with Crippen molar-refractivity contribution in [1.29, 1.82) is 5.26 Å². The molecule has 96 valence electrons. The Morgan fingerprint density at radius 1 is 1.32 bits per heavy atom. The first kappa shape index (κ1) is 13.0. The Morgan fingerprint density at radius 3 is 2.84 bits per heavy atom. The number of anilines is 1. The molecule has 0 spiro atoms. The number of benzene rings is 1. The molecule has 0 radical (unpaired) electrons. The number of nitrogens with one attached hydrogen (secondary N) is 1. The van der Waals surface area contributed by atoms with Crippen LogP contribution in [0.1, 0.15) is 16.8 Å². The summed E-state index contributed by atoms with van der Waals surface area (Å²) in [5.74, 6) is -1.00. The molecule has 0 aliphatic carbocycles. The summed E-state index contributed by atoms with van der Waals surface area (Å²) in [5.41, 5.74) is 1.21. The number of nitriles is 1. The van der Waals surface area contributed by atoms with E-state index >= 15 is 0 Å². The summed E-state index contributed by atoms with van der Waals surface area (Å²) in [6.45, 7) is 1.70. The maximum absolute atomic E-state index is 13.6. The van der Waals surface area contributed by atoms with Gasteiger partial charge < -0.3 is 5.32 Å². The topological polar surface area (TPSA) is 48.7 Å². The molecule has 1 heterocycles. The zero-order valence-corrected chi connectivity index (χ0v) is 10.2. The van der Waals surface area contributed by atoms with Gasteiger partial charge in [-0.25, -0.2) is 13.8 Å². The number of hydrogen-bond donors (Lipinski definition) is 1. The standard InChI is InChI=1S/C14H11F2N3/c1-9-5-12(16)13(6-11(9)15)19-8-10-3-2-4-18-14(10)7-17/h2-6,19H,8H2,1H3. The molecule has 1 aromatic heterocycles. The molecule has 0 bridgehead atoms. The van der Waals surface area contributed by atoms with Crippen molar-refractivity contribution in [2.75, 3.05) is 5.32 Å². The van der Waals surface area contributed by atoms with Gasteiger partial charge in [0.15, 0.2) is 0 Å². The molecule has 19 heavy (non-hydrogen) atoms. The third kappa shape index (κ3) is 2.86. The van der Waals surface area contributed by atoms with Crippen LogP contribution in [0.4, 0.5) is 14.5 Å². The molecular formula is C14H11F2N3. The Kier molecular flexibility index (Phi) is 3.71. The van der Waals surface area contributed by atoms with E-state index in [1.165, 1.54) is 13.1 Å². The molecule has 2 rings (SSSR count). The second-order valence-electron chi connectivity index (χ2n) is 4.06. The molecule has 0 unspecified atom stereocenters. The van der Waals surface area contributed by atoms with Crippen molar-refractivity contribution in [2.24, 2.45) is 0 Å². The maximum Gasteiger partial charge on any atom is 0.146 e. The summed E-state index contributed by atoms with van der Waals surface area (Å²) in [4.78, 5) is 3.89. The van der Waals surface area contributed by atoms with Gasteiger partial charge in [0.1, 0.15) is 23.4 Å². The normalized spacial score (nSPS) is 10.0. The molecule has 0 fully saturated rings. The van der Waals surface area contributed by atoms with E-state index in [4.69, 9.17) is 5.26 Å². The second-order valence-corrected chi connectivity index (χ2v) is 4.06. The summed E-state index contributed by atoms with van der Waals surface area (Å²) < 4.78 is 27.0. The van der Waals surface area contributed by atoms with Gasteiger partial charge in [-0.1, -0.05) is 6.07 Å². The first-order valence-corrected chi connectivity index (χ1v) is 5.65. The van der Waals surface area contributed by atoms with E-state index in [0.29, 0.717) is 5.56 Å². The van der Waals surface area contributed by atoms with E-state index in [2.05, 4.69) is 10.3 Å². The minimum atomic E-state index is -0.527. The Hall–Kier alpha value is -2.48. The number of pyridine rings is 1. The first-order chi connectivity index (χ1) is 9.11. The van der Waals surface area contributed by atoms with Crippen molar-refractivity contribution < 1.29 is 8.78 Å². The number of nitrogens with zero attached hydrogens (tertiary/aromatic N) is 2. The number of aryl methyl sites for hydroxylation is 1. The van der Waals surface area contributed by atoms with Crippen molar-refractivity contribution in [3.8, 4) is 6.07 Å². The molecule has 0 saturated carbocycles. The fourth-order valence-electron chi connectivity index (χ4n) is 1.65. The third-order valence-corrected chi connectivity index (χ3v) is 2.71. The van der Waals surface area contributed by atoms with Crippen LogP contribution in [0.15, 0.2) is 30.5 Å². The monoisotopic (exact) mass is 259 g/mol. The summed E-state index contributed by atoms with van der Waals surface area (Å²) in [7, 11) is 0. The van der Waals surface area contributed by atoms with Gasteiger partial charge in [-0.3, -0.25) is 0 Å². The van der Waals surface area contributed by atoms with Crippen molar-refractivity contribution >= 4 is 5.69 Å². The molecule has 0 amide bonds. The Morgan fingerprint density at radius 2 is 2.11 bits per heavy atom. The Balaban J connectivity index is 2.20. The number of aromatic nitrogens is 1. The molecule has 5 heteroatoms. The summed E-state index contributed by atoms with van der Waals surface area (Å²) in [6, 6.07) is 7.58. The lowest BCUT2D eigenvalue weighted by Gasteiger charge is -2.09. The smallest absolute Gasteiger partial charge is 0.146 e. The minimum Gasteiger partial charge on any atom is -0.378 e. The number of rotatable bonds is 3. The van der Waals surface area contributed by atoms with Crippen molar-refractivity contribution in [1.82, 2.24) is 4.98 Å². The summed E-state index contributed by atoms with van der Waals surface area (Å²) >= 11 is 0. The van der Waals surface area contributed by atoms with E-state index in [0.717, 1.165) is 12.1 Å². The van der Waals surface area contributed by atoms with E-state index in [-0.39, 0.29) is 23.5 Å². The molecule has 1 N–H and O–H groups in total. The van der Waals surface area contributed by atoms with Gasteiger partial charge in [-0.05, 0) is 24.6 Å². The van der Waals surface area contributed by atoms with Gasteiger partial charge in [0.05, 0.1) is 5.69 Å². The summed E-state index contributed by atoms with van der Waals surface area (Å²) in [5, 5.41) is 11.6. The predicted molar refractivity (Wildman–Crippen MR) is 67.4 cm³/mol. The minimum absolute atomic E-state index is 0.0656. The third-order valence-electron chi connectivity index (χ3n) is 2.71. The van der Waals surface area contributed by atoms with Gasteiger partial charge in [0.25, 0.3) is 0 Å². The Labute approximate surface area is 109 Å². The van der Waals surface area contributed by atoms with Crippen LogP contribution in [-0.4, -0.2) is 4.98 Å². The molecule has 0 aliphatic rings. The van der Waals surface area contributed by atoms with Crippen LogP contribution in [0.5, 0.6) is 0 Å². The Bertz CT molecular complexity index is 648. The zero-order valence-electron chi connectivity index (χ0n) is 10.2. The fourth-order valence-corrected chi connectivity index (χ4v) is 1.65. The SMILES string of the molecule is Cc1cc(F)c(NCc2cccnc2C#N)cc1F. The van der Waals surface area contributed by atoms with E-state index in [1.54, 1.807) is 12.1 Å². The van der Waals surface area contributed by atoms with Gasteiger partial charge in [0, 0.05) is 24.4 Å². The largest absolute Gasteiger partial charge is 0.378 e. The summed E-state index contributed by atoms with van der Waals surface area (Å²) in [6.07, 6.45) is 1.51. The lowest BCUT2D eigenvalue weighted by atomic mass is 10.1. The number of hydrogen-bond acceptors (Lipinski definition) is 3. The average Bonchev–Trinajstić information content (AvgIpc) is 2.41. The van der Waals surface area contributed by atoms with Crippen LogP contribution in [-0.2, 0) is 6.54 Å². The molecule has 1 aromatic carbocycles. The van der Waals surface area contributed by atoms with Crippen LogP contribution in [0.2, 0.25) is 0 Å². The molecule has 0 aliphatic heterocycles. The second kappa shape index (κ2) is 5.44. The lowest BCUT2D eigenvalue weighted by Crippen LogP contribution is -2.05. The lowest BCUT2D eigenvalue weighted by molar-refractivity contribution is 0.594. The van der Waals surface area contributed by atoms with Crippen molar-refractivity contribution in [3.63, 3.8) is 0 Å². The average molecular weight is 259 g/mol.